The van der Waals surface area contributed by atoms with Crippen LogP contribution in [0.1, 0.15) is 24.9 Å². The van der Waals surface area contributed by atoms with E-state index in [0.717, 1.165) is 5.56 Å². The second-order valence-corrected chi connectivity index (χ2v) is 7.54. The van der Waals surface area contributed by atoms with Crippen LogP contribution in [0.2, 0.25) is 0 Å². The summed E-state index contributed by atoms with van der Waals surface area (Å²) in [4.78, 5) is 12.0. The van der Waals surface area contributed by atoms with Gasteiger partial charge in [0.1, 0.15) is 5.82 Å². The Balaban J connectivity index is 1.88. The average Bonchev–Trinajstić information content (AvgIpc) is 2.37. The first-order valence-electron chi connectivity index (χ1n) is 6.84. The topological polar surface area (TPSA) is 75.3 Å². The molecule has 0 bridgehead atoms. The fourth-order valence-corrected chi connectivity index (χ4v) is 3.80. The van der Waals surface area contributed by atoms with Gasteiger partial charge in [-0.3, -0.25) is 4.79 Å². The molecule has 2 rings (SSSR count). The van der Waals surface area contributed by atoms with Crippen LogP contribution in [-0.2, 0) is 14.6 Å². The lowest BCUT2D eigenvalue weighted by atomic mass is 10.1. The summed E-state index contributed by atoms with van der Waals surface area (Å²) in [6.07, 6.45) is 0.116. The van der Waals surface area contributed by atoms with Gasteiger partial charge in [-0.1, -0.05) is 12.1 Å². The van der Waals surface area contributed by atoms with E-state index >= 15 is 0 Å². The maximum absolute atomic E-state index is 12.8. The predicted molar refractivity (Wildman–Crippen MR) is 78.0 cm³/mol. The Morgan fingerprint density at radius 3 is 2.71 bits per heavy atom. The molecule has 1 unspecified atom stereocenters. The van der Waals surface area contributed by atoms with Crippen LogP contribution < -0.4 is 10.6 Å². The molecule has 1 aromatic rings. The van der Waals surface area contributed by atoms with Gasteiger partial charge in [-0.15, -0.1) is 0 Å². The molecule has 2 N–H and O–H groups in total. The normalized spacial score (nSPS) is 22.5. The summed E-state index contributed by atoms with van der Waals surface area (Å²) in [5.41, 5.74) is 0.800. The van der Waals surface area contributed by atoms with E-state index in [0.29, 0.717) is 6.54 Å². The van der Waals surface area contributed by atoms with Gasteiger partial charge in [0.15, 0.2) is 9.84 Å². The van der Waals surface area contributed by atoms with E-state index in [1.54, 1.807) is 19.1 Å². The second kappa shape index (κ2) is 6.53. The van der Waals surface area contributed by atoms with Crippen molar-refractivity contribution < 1.29 is 17.6 Å². The monoisotopic (exact) mass is 314 g/mol. The Morgan fingerprint density at radius 1 is 1.43 bits per heavy atom. The summed E-state index contributed by atoms with van der Waals surface area (Å²) in [6, 6.07) is 5.32. The molecule has 0 saturated carbocycles. The van der Waals surface area contributed by atoms with Gasteiger partial charge in [0.2, 0.25) is 5.91 Å². The quantitative estimate of drug-likeness (QED) is 0.861. The first-order chi connectivity index (χ1) is 9.85. The van der Waals surface area contributed by atoms with Crippen molar-refractivity contribution in [2.45, 2.75) is 25.4 Å². The van der Waals surface area contributed by atoms with Crippen LogP contribution in [0.4, 0.5) is 4.39 Å². The number of carbonyl (C=O) groups excluding carboxylic acids is 1. The highest BCUT2D eigenvalue weighted by molar-refractivity contribution is 7.91. The maximum atomic E-state index is 12.8. The Bertz CT molecular complexity index is 601. The molecule has 0 spiro atoms. The van der Waals surface area contributed by atoms with Crippen molar-refractivity contribution in [3.05, 3.63) is 35.6 Å². The smallest absolute Gasteiger partial charge is 0.222 e. The second-order valence-electron chi connectivity index (χ2n) is 5.31. The van der Waals surface area contributed by atoms with Gasteiger partial charge in [-0.2, -0.15) is 0 Å². The third-order valence-electron chi connectivity index (χ3n) is 3.48. The van der Waals surface area contributed by atoms with Gasteiger partial charge in [-0.05, 0) is 24.6 Å². The molecule has 7 heteroatoms. The summed E-state index contributed by atoms with van der Waals surface area (Å²) < 4.78 is 35.9. The Kier molecular flexibility index (Phi) is 4.95. The minimum Gasteiger partial charge on any atom is -0.350 e. The molecule has 21 heavy (non-hydrogen) atoms. The third kappa shape index (κ3) is 4.78. The molecule has 2 atom stereocenters. The largest absolute Gasteiger partial charge is 0.350 e. The van der Waals surface area contributed by atoms with Crippen LogP contribution in [0.5, 0.6) is 0 Å². The van der Waals surface area contributed by atoms with Crippen LogP contribution in [-0.4, -0.2) is 38.4 Å². The van der Waals surface area contributed by atoms with E-state index in [9.17, 15) is 17.6 Å². The molecule has 0 radical (unpaired) electrons. The zero-order valence-corrected chi connectivity index (χ0v) is 12.6. The fraction of sp³-hybridized carbons (Fsp3) is 0.500. The summed E-state index contributed by atoms with van der Waals surface area (Å²) in [5.74, 6) is -0.432. The SMILES string of the molecule is C[C@H](NC(=O)CC1CS(=O)(=O)CCN1)c1ccc(F)cc1. The lowest BCUT2D eigenvalue weighted by Gasteiger charge is -2.24. The molecule has 0 aromatic heterocycles. The number of carbonyl (C=O) groups is 1. The standard InChI is InChI=1S/C14H19FN2O3S/c1-10(11-2-4-12(15)5-3-11)17-14(18)8-13-9-21(19,20)7-6-16-13/h2-5,10,13,16H,6-9H2,1H3,(H,17,18)/t10-,13?/m0/s1. The molecular weight excluding hydrogens is 295 g/mol. The van der Waals surface area contributed by atoms with Gasteiger partial charge in [0, 0.05) is 19.0 Å². The zero-order valence-electron chi connectivity index (χ0n) is 11.8. The first kappa shape index (κ1) is 15.9. The molecule has 1 aromatic carbocycles. The van der Waals surface area contributed by atoms with Crippen molar-refractivity contribution in [2.24, 2.45) is 0 Å². The van der Waals surface area contributed by atoms with Gasteiger partial charge < -0.3 is 10.6 Å². The molecule has 116 valence electrons. The highest BCUT2D eigenvalue weighted by atomic mass is 32.2. The summed E-state index contributed by atoms with van der Waals surface area (Å²) in [5, 5.41) is 5.83. The van der Waals surface area contributed by atoms with Crippen molar-refractivity contribution in [3.8, 4) is 0 Å². The lowest BCUT2D eigenvalue weighted by molar-refractivity contribution is -0.122. The molecule has 1 heterocycles. The number of amides is 1. The van der Waals surface area contributed by atoms with E-state index in [1.807, 2.05) is 0 Å². The number of hydrogen-bond acceptors (Lipinski definition) is 4. The highest BCUT2D eigenvalue weighted by Gasteiger charge is 2.26. The number of benzene rings is 1. The fourth-order valence-electron chi connectivity index (χ4n) is 2.36. The van der Waals surface area contributed by atoms with E-state index < -0.39 is 9.84 Å². The first-order valence-corrected chi connectivity index (χ1v) is 8.66. The Labute approximate surface area is 123 Å². The third-order valence-corrected chi connectivity index (χ3v) is 5.22. The summed E-state index contributed by atoms with van der Waals surface area (Å²) >= 11 is 0. The number of halogens is 1. The minimum atomic E-state index is -3.05. The minimum absolute atomic E-state index is 0.00858. The van der Waals surface area contributed by atoms with Crippen LogP contribution in [0.15, 0.2) is 24.3 Å². The molecule has 1 amide bonds. The highest BCUT2D eigenvalue weighted by Crippen LogP contribution is 2.13. The lowest BCUT2D eigenvalue weighted by Crippen LogP contribution is -2.47. The van der Waals surface area contributed by atoms with Crippen LogP contribution in [0.25, 0.3) is 0 Å². The summed E-state index contributed by atoms with van der Waals surface area (Å²) in [7, 11) is -3.05. The summed E-state index contributed by atoms with van der Waals surface area (Å²) in [6.45, 7) is 2.18. The van der Waals surface area contributed by atoms with E-state index in [1.165, 1.54) is 12.1 Å². The van der Waals surface area contributed by atoms with Crippen LogP contribution in [0, 0.1) is 5.82 Å². The maximum Gasteiger partial charge on any atom is 0.222 e. The average molecular weight is 314 g/mol. The molecule has 1 aliphatic rings. The van der Waals surface area contributed by atoms with E-state index in [4.69, 9.17) is 0 Å². The van der Waals surface area contributed by atoms with Gasteiger partial charge >= 0.3 is 0 Å². The van der Waals surface area contributed by atoms with E-state index in [2.05, 4.69) is 10.6 Å². The number of rotatable bonds is 4. The van der Waals surface area contributed by atoms with Crippen molar-refractivity contribution >= 4 is 15.7 Å². The van der Waals surface area contributed by atoms with Crippen molar-refractivity contribution in [3.63, 3.8) is 0 Å². The molecule has 5 nitrogen and oxygen atoms in total. The number of nitrogens with one attached hydrogen (secondary N) is 2. The number of hydrogen-bond donors (Lipinski definition) is 2. The van der Waals surface area contributed by atoms with Crippen molar-refractivity contribution in [2.75, 3.05) is 18.1 Å². The van der Waals surface area contributed by atoms with Crippen LogP contribution >= 0.6 is 0 Å². The molecular formula is C14H19FN2O3S. The van der Waals surface area contributed by atoms with Gasteiger partial charge in [-0.25, -0.2) is 12.8 Å². The number of sulfone groups is 1. The van der Waals surface area contributed by atoms with Crippen molar-refractivity contribution in [1.29, 1.82) is 0 Å². The molecule has 1 aliphatic heterocycles. The van der Waals surface area contributed by atoms with E-state index in [-0.39, 0.29) is 41.7 Å². The Morgan fingerprint density at radius 2 is 2.10 bits per heavy atom. The van der Waals surface area contributed by atoms with Gasteiger partial charge in [0.05, 0.1) is 17.5 Å². The molecule has 0 aliphatic carbocycles. The molecule has 1 fully saturated rings. The molecule has 1 saturated heterocycles. The van der Waals surface area contributed by atoms with Crippen molar-refractivity contribution in [1.82, 2.24) is 10.6 Å². The van der Waals surface area contributed by atoms with Crippen LogP contribution in [0.3, 0.4) is 0 Å². The zero-order chi connectivity index (χ0) is 15.5. The Hall–Kier alpha value is -1.47. The predicted octanol–water partition coefficient (Wildman–Crippen LogP) is 0.780. The van der Waals surface area contributed by atoms with Gasteiger partial charge in [0.25, 0.3) is 0 Å².